The number of rotatable bonds is 8. The number of carboxylic acid groups (broad SMARTS) is 1. The molecule has 2 unspecified atom stereocenters. The summed E-state index contributed by atoms with van der Waals surface area (Å²) in [7, 11) is -10.1. The third kappa shape index (κ3) is 19.1. The number of aryl methyl sites for hydroxylation is 3. The van der Waals surface area contributed by atoms with Crippen LogP contribution in [0.25, 0.3) is 0 Å². The van der Waals surface area contributed by atoms with Gasteiger partial charge in [-0.05, 0) is 233 Å². The molecule has 8 heterocycles. The molecular weight excluding hydrogens is 1570 g/mol. The molecule has 0 bridgehead atoms. The van der Waals surface area contributed by atoms with Crippen molar-refractivity contribution in [3.8, 4) is 0 Å². The molecule has 3 N–H and O–H groups in total. The Bertz CT molecular complexity index is 4670. The normalized spacial score (nSPS) is 24.7. The van der Waals surface area contributed by atoms with Gasteiger partial charge >= 0.3 is 12.1 Å². The maximum Gasteiger partial charge on any atom is 0.409 e. The maximum absolute atomic E-state index is 15.0. The number of nitrogens with zero attached hydrogens (tertiary/aromatic N) is 6. The predicted octanol–water partition coefficient (Wildman–Crippen LogP) is 10.2. The van der Waals surface area contributed by atoms with Crippen LogP contribution < -0.4 is 22.6 Å². The summed E-state index contributed by atoms with van der Waals surface area (Å²) in [4.78, 5) is 44.4. The number of piperidine rings is 3. The molecule has 8 aliphatic rings. The largest absolute Gasteiger partial charge is 1.00 e. The maximum atomic E-state index is 15.0. The minimum absolute atomic E-state index is 0. The number of sulfonamides is 3. The van der Waals surface area contributed by atoms with Crippen LogP contribution in [0.5, 0.6) is 0 Å². The summed E-state index contributed by atoms with van der Waals surface area (Å²) in [5.74, 6) is -5.41. The van der Waals surface area contributed by atoms with Crippen LogP contribution in [0.4, 0.5) is 22.4 Å². The second-order valence-electron chi connectivity index (χ2n) is 34.1. The van der Waals surface area contributed by atoms with Crippen molar-refractivity contribution in [2.45, 2.75) is 186 Å². The first-order chi connectivity index (χ1) is 51.0. The summed E-state index contributed by atoms with van der Waals surface area (Å²) in [5, 5.41) is 14.7. The van der Waals surface area contributed by atoms with Gasteiger partial charge in [-0.1, -0.05) is 65.1 Å². The van der Waals surface area contributed by atoms with Gasteiger partial charge in [-0.25, -0.2) is 47.6 Å². The Labute approximate surface area is 676 Å². The molecule has 0 aliphatic carbocycles. The Morgan fingerprint density at radius 2 is 0.910 bits per heavy atom. The zero-order chi connectivity index (χ0) is 81.2. The van der Waals surface area contributed by atoms with Crippen LogP contribution in [0.2, 0.25) is 15.1 Å². The Morgan fingerprint density at radius 1 is 0.541 bits per heavy atom. The highest BCUT2D eigenvalue weighted by atomic mass is 35.5. The second kappa shape index (κ2) is 34.2. The molecule has 0 radical (unpaired) electrons. The molecule has 614 valence electrons. The van der Waals surface area contributed by atoms with Gasteiger partial charge in [0, 0.05) is 132 Å². The number of nitrogens with one attached hydrogen (secondary N) is 2. The van der Waals surface area contributed by atoms with E-state index in [1.165, 1.54) is 59.1 Å². The lowest BCUT2D eigenvalue weighted by atomic mass is 9.67. The van der Waals surface area contributed by atoms with Crippen LogP contribution in [0, 0.1) is 55.9 Å². The molecule has 8 atom stereocenters. The fourth-order valence-corrected chi connectivity index (χ4v) is 22.3. The molecule has 2 amide bonds. The van der Waals surface area contributed by atoms with Crippen molar-refractivity contribution in [1.29, 1.82) is 0 Å². The van der Waals surface area contributed by atoms with Crippen LogP contribution in [0.15, 0.2) is 72.8 Å². The summed E-state index contributed by atoms with van der Waals surface area (Å²) in [6.45, 7) is 33.4. The van der Waals surface area contributed by atoms with Crippen LogP contribution in [0.1, 0.15) is 199 Å². The first-order valence-corrected chi connectivity index (χ1v) is 44.7. The zero-order valence-electron chi connectivity index (χ0n) is 66.6. The van der Waals surface area contributed by atoms with E-state index in [0.29, 0.717) is 125 Å². The molecule has 111 heavy (non-hydrogen) atoms. The fraction of sp³-hybridized carbons (Fsp3) is 0.593. The van der Waals surface area contributed by atoms with E-state index in [1.807, 2.05) is 90.3 Å². The lowest BCUT2D eigenvalue weighted by molar-refractivity contribution is -0.936. The summed E-state index contributed by atoms with van der Waals surface area (Å²) >= 11 is 19.2. The Balaban J connectivity index is 0.000000177. The fourth-order valence-electron chi connectivity index (χ4n) is 18.3. The van der Waals surface area contributed by atoms with Crippen molar-refractivity contribution in [2.75, 3.05) is 110 Å². The molecule has 5 aromatic rings. The summed E-state index contributed by atoms with van der Waals surface area (Å²) in [5.41, 5.74) is 9.06. The Hall–Kier alpha value is -5.20. The Kier molecular flexibility index (Phi) is 27.6. The third-order valence-corrected chi connectivity index (χ3v) is 30.1. The summed E-state index contributed by atoms with van der Waals surface area (Å²) < 4.78 is 141. The summed E-state index contributed by atoms with van der Waals surface area (Å²) in [6.07, 6.45) is 8.04. The number of likely N-dealkylation sites (tertiary alicyclic amines) is 4. The van der Waals surface area contributed by atoms with Crippen molar-refractivity contribution in [2.24, 2.45) is 11.8 Å². The van der Waals surface area contributed by atoms with E-state index in [1.54, 1.807) is 24.7 Å². The number of hydrogen-bond donors (Lipinski definition) is 3. The molecule has 13 rings (SSSR count). The van der Waals surface area contributed by atoms with Crippen LogP contribution >= 0.6 is 34.8 Å². The number of carbonyl (C=O) groups excluding carboxylic acids is 2. The number of fused-ring (bicyclic) bond motifs is 6. The van der Waals surface area contributed by atoms with E-state index < -0.39 is 82.5 Å². The Morgan fingerprint density at radius 3 is 1.25 bits per heavy atom. The number of carboxylic acids is 1. The molecular formula is C81H110Cl4F4N8O11S3. The van der Waals surface area contributed by atoms with Gasteiger partial charge in [0.2, 0.25) is 36.0 Å². The average molecular weight is 1690 g/mol. The van der Waals surface area contributed by atoms with E-state index in [2.05, 4.69) is 44.3 Å². The van der Waals surface area contributed by atoms with Crippen molar-refractivity contribution in [3.63, 3.8) is 0 Å². The standard InChI is InChI=1S/C31H40ClF2N3O3S.C19H27ClN2O4S.C16H23ClN2O2S.C15H19F2NO2.ClH/c1-19-13-26-23(15-27(19)32)20(2)37(41(6,39)40)18-31(26)9-11-35(12-10-31)29(38)25-17-36(30(3,4)5)16-24(25)22-8-7-21(33)14-28(22)34;1-5-26-18(23)21-8-6-19(7-9-21)12-22(27(4,24)25)14(3)15-11-17(20)13(2)10-16(15)19;1-11-8-14-13(9-15(11)17)12(2)19(22(3,20)21)10-16(14)4-6-18-7-5-16;1-15(2,3)18-7-11(12(8-18)14(19)20)10-5-4-9(16)6-13(10)17;/h7-8,13-15,20,24-25H,9-12,16-18H2,1-6H3;10-11,14H,5-9,12H2,1-4H3;8-9,12,18H,4-7,10H2,1-3H3;4-6,11-12H,7-8H2,1-3H3,(H,19,20);1H/t20-,24-,25?;14-;12-;11-,12+;/m0000./s1. The van der Waals surface area contributed by atoms with Crippen LogP contribution in [-0.4, -0.2) is 197 Å². The van der Waals surface area contributed by atoms with Gasteiger partial charge in [0.05, 0.1) is 61.8 Å². The first-order valence-electron chi connectivity index (χ1n) is 38.0. The monoisotopic (exact) mass is 1680 g/mol. The lowest BCUT2D eigenvalue weighted by Gasteiger charge is -2.50. The molecule has 5 aromatic carbocycles. The minimum atomic E-state index is -3.48. The molecule has 5 saturated heterocycles. The van der Waals surface area contributed by atoms with Gasteiger partial charge in [0.25, 0.3) is 0 Å². The number of carbonyl (C=O) groups is 3. The second-order valence-corrected chi connectivity index (χ2v) is 41.1. The number of hydrogen-bond acceptors (Lipinski definition) is 12. The highest BCUT2D eigenvalue weighted by molar-refractivity contribution is 7.88. The van der Waals surface area contributed by atoms with Crippen LogP contribution in [-0.2, 0) is 60.6 Å². The van der Waals surface area contributed by atoms with Gasteiger partial charge in [0.15, 0.2) is 0 Å². The van der Waals surface area contributed by atoms with E-state index in [-0.39, 0.29) is 75.9 Å². The molecule has 0 aromatic heterocycles. The van der Waals surface area contributed by atoms with Gasteiger partial charge < -0.3 is 42.3 Å². The van der Waals surface area contributed by atoms with E-state index >= 15 is 0 Å². The number of benzene rings is 5. The first kappa shape index (κ1) is 89.7. The van der Waals surface area contributed by atoms with E-state index in [4.69, 9.17) is 39.5 Å². The minimum Gasteiger partial charge on any atom is -1.00 e. The molecule has 3 spiro atoms. The van der Waals surface area contributed by atoms with Gasteiger partial charge in [0.1, 0.15) is 23.3 Å². The highest BCUT2D eigenvalue weighted by Gasteiger charge is 2.54. The van der Waals surface area contributed by atoms with E-state index in [0.717, 1.165) is 77.0 Å². The number of quaternary nitrogens is 1. The van der Waals surface area contributed by atoms with Crippen molar-refractivity contribution >= 4 is 82.8 Å². The third-order valence-electron chi connectivity index (χ3n) is 25.0. The van der Waals surface area contributed by atoms with Crippen molar-refractivity contribution < 1.29 is 84.3 Å². The number of halogens is 8. The summed E-state index contributed by atoms with van der Waals surface area (Å²) in [6, 6.07) is 18.4. The van der Waals surface area contributed by atoms with Gasteiger partial charge in [-0.2, -0.15) is 12.9 Å². The topological polar surface area (TPSA) is 219 Å². The zero-order valence-corrected chi connectivity index (χ0v) is 72.0. The molecule has 8 aliphatic heterocycles. The SMILES string of the molecule is CC(C)(C)N1C[C@@H](C(=O)O)[C@H](c2ccc(F)cc2F)C1.CCOC(=O)N1CCC2(CC1)CN(S(C)(=O)=O)[C@@H](C)c1cc(Cl)c(C)cc12.Cc1cc2c(cc1Cl)[C@H](C)N(S(C)(=O)=O)CC21CCN(C(=O)C2C[NH+](C(C)(C)C)C[C@H]2c2ccc(F)cc2F)CC1.Cc1cc2c(cc1Cl)[C@H](C)N(S(C)(=O)=O)CC21CCNCC1.[Cl-]. The quantitative estimate of drug-likeness (QED) is 0.123. The van der Waals surface area contributed by atoms with Crippen LogP contribution in [0.3, 0.4) is 0 Å². The number of aliphatic carboxylic acids is 1. The highest BCUT2D eigenvalue weighted by Crippen LogP contribution is 2.52. The van der Waals surface area contributed by atoms with Crippen molar-refractivity contribution in [3.05, 3.63) is 172 Å². The smallest absolute Gasteiger partial charge is 0.409 e. The molecule has 5 fully saturated rings. The molecule has 30 heteroatoms. The molecule has 0 saturated carbocycles. The molecule has 19 nitrogen and oxygen atoms in total. The number of ether oxygens (including phenoxy) is 1. The number of amides is 2. The van der Waals surface area contributed by atoms with Gasteiger partial charge in [-0.15, -0.1) is 0 Å². The average Bonchev–Trinajstić information content (AvgIpc) is 1.71. The predicted molar refractivity (Wildman–Crippen MR) is 424 cm³/mol. The van der Waals surface area contributed by atoms with E-state index in [9.17, 15) is 62.3 Å². The van der Waals surface area contributed by atoms with Gasteiger partial charge in [-0.3, -0.25) is 14.5 Å². The van der Waals surface area contributed by atoms with Crippen molar-refractivity contribution in [1.82, 2.24) is 32.9 Å². The lowest BCUT2D eigenvalue weighted by Crippen LogP contribution is -3.17.